The Labute approximate surface area is 147 Å². The van der Waals surface area contributed by atoms with Crippen LogP contribution in [0.5, 0.6) is 5.75 Å². The van der Waals surface area contributed by atoms with Gasteiger partial charge in [0.15, 0.2) is 6.61 Å². The van der Waals surface area contributed by atoms with Gasteiger partial charge in [-0.25, -0.2) is 5.43 Å². The van der Waals surface area contributed by atoms with Gasteiger partial charge in [0.05, 0.1) is 6.21 Å². The number of aromatic nitrogens is 1. The van der Waals surface area contributed by atoms with E-state index in [0.717, 1.165) is 20.9 Å². The number of amides is 1. The Balaban J connectivity index is 1.56. The Kier molecular flexibility index (Phi) is 5.18. The number of nitrogens with one attached hydrogen (secondary N) is 1. The summed E-state index contributed by atoms with van der Waals surface area (Å²) in [5, 5.41) is 4.87. The second-order valence-corrected chi connectivity index (χ2v) is 5.88. The molecule has 0 bridgehead atoms. The zero-order valence-electron chi connectivity index (χ0n) is 12.6. The first-order valence-corrected chi connectivity index (χ1v) is 8.06. The van der Waals surface area contributed by atoms with Crippen LogP contribution < -0.4 is 10.2 Å². The lowest BCUT2D eigenvalue weighted by atomic mass is 10.2. The Bertz CT molecular complexity index is 874. The van der Waals surface area contributed by atoms with Gasteiger partial charge in [0.2, 0.25) is 0 Å². The molecule has 0 aliphatic rings. The van der Waals surface area contributed by atoms with Crippen LogP contribution in [0.2, 0.25) is 0 Å². The number of para-hydroxylation sites is 1. The van der Waals surface area contributed by atoms with Crippen molar-refractivity contribution in [3.8, 4) is 5.75 Å². The van der Waals surface area contributed by atoms with Crippen LogP contribution in [0.3, 0.4) is 0 Å². The van der Waals surface area contributed by atoms with E-state index in [1.54, 1.807) is 18.5 Å². The third-order valence-corrected chi connectivity index (χ3v) is 3.76. The molecule has 3 rings (SSSR count). The molecule has 2 aromatic carbocycles. The molecular weight excluding hydrogens is 370 g/mol. The van der Waals surface area contributed by atoms with Gasteiger partial charge in [-0.3, -0.25) is 9.78 Å². The summed E-state index contributed by atoms with van der Waals surface area (Å²) in [7, 11) is 0. The SMILES string of the molecule is O=C(COc1cccc2cccnc12)N/N=C/c1ccc(Br)cc1. The minimum atomic E-state index is -0.337. The molecule has 1 aromatic heterocycles. The van der Waals surface area contributed by atoms with E-state index in [-0.39, 0.29) is 12.5 Å². The van der Waals surface area contributed by atoms with Crippen molar-refractivity contribution in [2.75, 3.05) is 6.61 Å². The van der Waals surface area contributed by atoms with E-state index in [1.807, 2.05) is 48.5 Å². The molecule has 0 saturated carbocycles. The van der Waals surface area contributed by atoms with Crippen molar-refractivity contribution in [1.29, 1.82) is 0 Å². The van der Waals surface area contributed by atoms with E-state index in [2.05, 4.69) is 31.4 Å². The van der Waals surface area contributed by atoms with E-state index in [1.165, 1.54) is 0 Å². The van der Waals surface area contributed by atoms with Gasteiger partial charge in [-0.2, -0.15) is 5.10 Å². The van der Waals surface area contributed by atoms with Crippen molar-refractivity contribution in [2.45, 2.75) is 0 Å². The number of benzene rings is 2. The molecule has 6 heteroatoms. The van der Waals surface area contributed by atoms with Crippen LogP contribution in [0.1, 0.15) is 5.56 Å². The molecule has 5 nitrogen and oxygen atoms in total. The van der Waals surface area contributed by atoms with E-state index in [9.17, 15) is 4.79 Å². The predicted octanol–water partition coefficient (Wildman–Crippen LogP) is 3.53. The van der Waals surface area contributed by atoms with Gasteiger partial charge in [-0.1, -0.05) is 46.3 Å². The summed E-state index contributed by atoms with van der Waals surface area (Å²) >= 11 is 3.36. The maximum Gasteiger partial charge on any atom is 0.277 e. The molecule has 24 heavy (non-hydrogen) atoms. The van der Waals surface area contributed by atoms with Gasteiger partial charge >= 0.3 is 0 Å². The molecule has 0 saturated heterocycles. The molecule has 1 heterocycles. The average Bonchev–Trinajstić information content (AvgIpc) is 2.61. The van der Waals surface area contributed by atoms with E-state index >= 15 is 0 Å². The topological polar surface area (TPSA) is 63.6 Å². The first kappa shape index (κ1) is 16.1. The highest BCUT2D eigenvalue weighted by molar-refractivity contribution is 9.10. The van der Waals surface area contributed by atoms with Crippen molar-refractivity contribution < 1.29 is 9.53 Å². The quantitative estimate of drug-likeness (QED) is 0.541. The van der Waals surface area contributed by atoms with Crippen molar-refractivity contribution in [1.82, 2.24) is 10.4 Å². The smallest absolute Gasteiger partial charge is 0.277 e. The summed E-state index contributed by atoms with van der Waals surface area (Å²) in [4.78, 5) is 16.1. The lowest BCUT2D eigenvalue weighted by molar-refractivity contribution is -0.123. The van der Waals surface area contributed by atoms with E-state index in [4.69, 9.17) is 4.74 Å². The van der Waals surface area contributed by atoms with E-state index < -0.39 is 0 Å². The monoisotopic (exact) mass is 383 g/mol. The molecule has 0 unspecified atom stereocenters. The minimum Gasteiger partial charge on any atom is -0.481 e. The number of carbonyl (C=O) groups is 1. The second kappa shape index (κ2) is 7.70. The molecule has 0 aliphatic carbocycles. The summed E-state index contributed by atoms with van der Waals surface area (Å²) in [5.74, 6) is 0.233. The highest BCUT2D eigenvalue weighted by Gasteiger charge is 2.05. The van der Waals surface area contributed by atoms with Crippen LogP contribution in [0.4, 0.5) is 0 Å². The van der Waals surface area contributed by atoms with Gasteiger partial charge in [0.25, 0.3) is 5.91 Å². The van der Waals surface area contributed by atoms with Crippen molar-refractivity contribution in [3.05, 3.63) is 70.8 Å². The third kappa shape index (κ3) is 4.17. The number of hydrogen-bond donors (Lipinski definition) is 1. The van der Waals surface area contributed by atoms with Crippen LogP contribution in [0, 0.1) is 0 Å². The Morgan fingerprint density at radius 1 is 1.17 bits per heavy atom. The lowest BCUT2D eigenvalue weighted by Gasteiger charge is -2.07. The van der Waals surface area contributed by atoms with Crippen LogP contribution in [0.25, 0.3) is 10.9 Å². The van der Waals surface area contributed by atoms with Crippen molar-refractivity contribution >= 4 is 39.0 Å². The number of carbonyl (C=O) groups excluding carboxylic acids is 1. The zero-order valence-corrected chi connectivity index (χ0v) is 14.2. The fourth-order valence-electron chi connectivity index (χ4n) is 2.10. The third-order valence-electron chi connectivity index (χ3n) is 3.23. The van der Waals surface area contributed by atoms with E-state index in [0.29, 0.717) is 5.75 Å². The normalized spacial score (nSPS) is 10.9. The molecule has 3 aromatic rings. The van der Waals surface area contributed by atoms with Gasteiger partial charge in [0.1, 0.15) is 11.3 Å². The minimum absolute atomic E-state index is 0.132. The van der Waals surface area contributed by atoms with Crippen molar-refractivity contribution in [3.63, 3.8) is 0 Å². The molecule has 0 radical (unpaired) electrons. The zero-order chi connectivity index (χ0) is 16.8. The van der Waals surface area contributed by atoms with Gasteiger partial charge in [-0.05, 0) is 29.8 Å². The highest BCUT2D eigenvalue weighted by Crippen LogP contribution is 2.22. The fourth-order valence-corrected chi connectivity index (χ4v) is 2.36. The molecule has 1 amide bonds. The first-order valence-electron chi connectivity index (χ1n) is 7.26. The molecule has 0 spiro atoms. The maximum absolute atomic E-state index is 11.8. The summed E-state index contributed by atoms with van der Waals surface area (Å²) in [5.41, 5.74) is 4.05. The standard InChI is InChI=1S/C18H14BrN3O2/c19-15-8-6-13(7-9-15)11-21-22-17(23)12-24-16-5-1-3-14-4-2-10-20-18(14)16/h1-11H,12H2,(H,22,23)/b21-11+. The predicted molar refractivity (Wildman–Crippen MR) is 97.1 cm³/mol. The van der Waals surface area contributed by atoms with Gasteiger partial charge < -0.3 is 4.74 Å². The summed E-state index contributed by atoms with van der Waals surface area (Å²) in [6.07, 6.45) is 3.27. The summed E-state index contributed by atoms with van der Waals surface area (Å²) in [6.45, 7) is -0.132. The molecular formula is C18H14BrN3O2. The number of halogens is 1. The number of hydrazone groups is 1. The number of hydrogen-bond acceptors (Lipinski definition) is 4. The lowest BCUT2D eigenvalue weighted by Crippen LogP contribution is -2.24. The van der Waals surface area contributed by atoms with Crippen LogP contribution >= 0.6 is 15.9 Å². The molecule has 1 N–H and O–H groups in total. The number of fused-ring (bicyclic) bond motifs is 1. The Morgan fingerprint density at radius 3 is 2.79 bits per heavy atom. The maximum atomic E-state index is 11.8. The Hall–Kier alpha value is -2.73. The van der Waals surface area contributed by atoms with Gasteiger partial charge in [-0.15, -0.1) is 0 Å². The first-order chi connectivity index (χ1) is 11.7. The van der Waals surface area contributed by atoms with Crippen LogP contribution in [-0.4, -0.2) is 23.7 Å². The number of rotatable bonds is 5. The molecule has 0 aliphatic heterocycles. The molecule has 0 atom stereocenters. The average molecular weight is 384 g/mol. The summed E-state index contributed by atoms with van der Waals surface area (Å²) in [6, 6.07) is 17.0. The summed E-state index contributed by atoms with van der Waals surface area (Å²) < 4.78 is 6.53. The number of ether oxygens (including phenoxy) is 1. The fraction of sp³-hybridized carbons (Fsp3) is 0.0556. The van der Waals surface area contributed by atoms with Crippen LogP contribution in [0.15, 0.2) is 70.4 Å². The number of pyridine rings is 1. The second-order valence-electron chi connectivity index (χ2n) is 4.96. The number of nitrogens with zero attached hydrogens (tertiary/aromatic N) is 2. The Morgan fingerprint density at radius 2 is 1.96 bits per heavy atom. The van der Waals surface area contributed by atoms with Crippen LogP contribution in [-0.2, 0) is 4.79 Å². The van der Waals surface area contributed by atoms with Gasteiger partial charge in [0, 0.05) is 16.1 Å². The highest BCUT2D eigenvalue weighted by atomic mass is 79.9. The molecule has 120 valence electrons. The molecule has 0 fully saturated rings. The van der Waals surface area contributed by atoms with Crippen molar-refractivity contribution in [2.24, 2.45) is 5.10 Å². The largest absolute Gasteiger partial charge is 0.481 e.